The zero-order valence-corrected chi connectivity index (χ0v) is 14.0. The van der Waals surface area contributed by atoms with E-state index in [1.165, 1.54) is 11.1 Å². The zero-order chi connectivity index (χ0) is 15.4. The van der Waals surface area contributed by atoms with E-state index in [1.807, 2.05) is 0 Å². The molecule has 0 aromatic carbocycles. The molecule has 0 amide bonds. The van der Waals surface area contributed by atoms with Gasteiger partial charge in [-0.1, -0.05) is 19.9 Å². The summed E-state index contributed by atoms with van der Waals surface area (Å²) in [4.78, 5) is 11.5. The highest BCUT2D eigenvalue weighted by Crippen LogP contribution is 2.33. The average Bonchev–Trinajstić information content (AvgIpc) is 2.49. The summed E-state index contributed by atoms with van der Waals surface area (Å²) in [5, 5.41) is 3.49. The predicted molar refractivity (Wildman–Crippen MR) is 89.6 cm³/mol. The summed E-state index contributed by atoms with van der Waals surface area (Å²) >= 11 is 0. The van der Waals surface area contributed by atoms with Crippen LogP contribution in [0.5, 0.6) is 0 Å². The number of nitrogens with zero attached hydrogens (tertiary/aromatic N) is 3. The van der Waals surface area contributed by atoms with Crippen molar-refractivity contribution in [3.05, 3.63) is 23.7 Å². The number of hydrogen-bond donors (Lipinski definition) is 1. The molecule has 1 N–H and O–H groups in total. The van der Waals surface area contributed by atoms with Gasteiger partial charge in [0.2, 0.25) is 0 Å². The van der Waals surface area contributed by atoms with E-state index in [-0.39, 0.29) is 0 Å². The number of allylic oxidation sites excluding steroid dienone is 2. The third-order valence-corrected chi connectivity index (χ3v) is 4.43. The van der Waals surface area contributed by atoms with Crippen LogP contribution in [0.1, 0.15) is 45.4 Å². The Morgan fingerprint density at radius 1 is 1.52 bits per heavy atom. The molecule has 0 radical (unpaired) electrons. The normalized spacial score (nSPS) is 21.5. The maximum atomic E-state index is 4.63. The van der Waals surface area contributed by atoms with Crippen molar-refractivity contribution in [1.82, 2.24) is 15.3 Å². The van der Waals surface area contributed by atoms with Crippen LogP contribution in [0, 0.1) is 12.8 Å². The van der Waals surface area contributed by atoms with Crippen molar-refractivity contribution in [2.24, 2.45) is 5.92 Å². The molecule has 21 heavy (non-hydrogen) atoms. The number of rotatable bonds is 4. The number of hydrogen-bond acceptors (Lipinski definition) is 4. The van der Waals surface area contributed by atoms with Crippen LogP contribution in [0.4, 0.5) is 5.82 Å². The molecule has 4 nitrogen and oxygen atoms in total. The second kappa shape index (κ2) is 7.03. The molecule has 2 heterocycles. The quantitative estimate of drug-likeness (QED) is 0.924. The van der Waals surface area contributed by atoms with Crippen LogP contribution in [0.3, 0.4) is 0 Å². The summed E-state index contributed by atoms with van der Waals surface area (Å²) in [6.45, 7) is 14.0. The van der Waals surface area contributed by atoms with Crippen LogP contribution >= 0.6 is 0 Å². The molecule has 1 aliphatic heterocycles. The molecule has 1 fully saturated rings. The minimum atomic E-state index is 0.500. The van der Waals surface area contributed by atoms with Crippen LogP contribution < -0.4 is 10.2 Å². The molecule has 1 aromatic heterocycles. The lowest BCUT2D eigenvalue weighted by Gasteiger charge is -2.34. The van der Waals surface area contributed by atoms with Crippen molar-refractivity contribution in [2.75, 3.05) is 24.5 Å². The Morgan fingerprint density at radius 3 is 2.90 bits per heavy atom. The standard InChI is InChI=1S/C17H28N4/c1-6-12(3)15(7-2)16-14(5)19-11-20-17(16)21-9-8-18-13(4)10-21/h7,11-13,18H,6,8-10H2,1-5H3/b15-7-. The first kappa shape index (κ1) is 16.0. The highest BCUT2D eigenvalue weighted by Gasteiger charge is 2.23. The monoisotopic (exact) mass is 288 g/mol. The second-order valence-corrected chi connectivity index (χ2v) is 6.01. The van der Waals surface area contributed by atoms with Crippen molar-refractivity contribution in [3.8, 4) is 0 Å². The number of piperazine rings is 1. The molecule has 4 heteroatoms. The van der Waals surface area contributed by atoms with Crippen LogP contribution in [-0.4, -0.2) is 35.6 Å². The molecule has 0 saturated carbocycles. The van der Waals surface area contributed by atoms with Gasteiger partial charge in [0.1, 0.15) is 12.1 Å². The Balaban J connectivity index is 2.45. The van der Waals surface area contributed by atoms with E-state index in [1.54, 1.807) is 6.33 Å². The lowest BCUT2D eigenvalue weighted by Crippen LogP contribution is -2.49. The molecule has 1 aromatic rings. The second-order valence-electron chi connectivity index (χ2n) is 6.01. The van der Waals surface area contributed by atoms with Crippen molar-refractivity contribution in [1.29, 1.82) is 0 Å². The van der Waals surface area contributed by atoms with Crippen molar-refractivity contribution in [3.63, 3.8) is 0 Å². The molecule has 0 aliphatic carbocycles. The summed E-state index contributed by atoms with van der Waals surface area (Å²) in [5.41, 5.74) is 3.69. The number of nitrogens with one attached hydrogen (secondary N) is 1. The van der Waals surface area contributed by atoms with E-state index in [2.05, 4.69) is 60.9 Å². The SMILES string of the molecule is C/C=C(\c1c(C)ncnc1N1CCNC(C)C1)C(C)CC. The molecule has 0 spiro atoms. The van der Waals surface area contributed by atoms with E-state index < -0.39 is 0 Å². The van der Waals surface area contributed by atoms with E-state index in [4.69, 9.17) is 0 Å². The molecule has 2 atom stereocenters. The number of aromatic nitrogens is 2. The molecule has 1 saturated heterocycles. The van der Waals surface area contributed by atoms with Gasteiger partial charge in [0.15, 0.2) is 0 Å². The average molecular weight is 288 g/mol. The van der Waals surface area contributed by atoms with Gasteiger partial charge in [0.25, 0.3) is 0 Å². The van der Waals surface area contributed by atoms with E-state index in [9.17, 15) is 0 Å². The van der Waals surface area contributed by atoms with Gasteiger partial charge in [-0.05, 0) is 38.7 Å². The molecule has 1 aliphatic rings. The van der Waals surface area contributed by atoms with Crippen molar-refractivity contribution in [2.45, 2.75) is 47.1 Å². The summed E-state index contributed by atoms with van der Waals surface area (Å²) in [5.74, 6) is 1.63. The van der Waals surface area contributed by atoms with Gasteiger partial charge in [-0.15, -0.1) is 0 Å². The molecular formula is C17H28N4. The molecule has 116 valence electrons. The predicted octanol–water partition coefficient (Wildman–Crippen LogP) is 3.03. The Bertz CT molecular complexity index is 510. The minimum Gasteiger partial charge on any atom is -0.353 e. The largest absolute Gasteiger partial charge is 0.353 e. The Kier molecular flexibility index (Phi) is 5.34. The maximum Gasteiger partial charge on any atom is 0.139 e. The smallest absolute Gasteiger partial charge is 0.139 e. The van der Waals surface area contributed by atoms with Gasteiger partial charge in [0, 0.05) is 31.2 Å². The summed E-state index contributed by atoms with van der Waals surface area (Å²) < 4.78 is 0. The summed E-state index contributed by atoms with van der Waals surface area (Å²) in [7, 11) is 0. The topological polar surface area (TPSA) is 41.1 Å². The Hall–Kier alpha value is -1.42. The van der Waals surface area contributed by atoms with Gasteiger partial charge >= 0.3 is 0 Å². The van der Waals surface area contributed by atoms with Crippen molar-refractivity contribution < 1.29 is 0 Å². The van der Waals surface area contributed by atoms with Gasteiger partial charge in [0.05, 0.1) is 5.69 Å². The highest BCUT2D eigenvalue weighted by atomic mass is 15.2. The number of aryl methyl sites for hydroxylation is 1. The summed E-state index contributed by atoms with van der Waals surface area (Å²) in [6, 6.07) is 0.500. The zero-order valence-electron chi connectivity index (χ0n) is 14.0. The van der Waals surface area contributed by atoms with Crippen molar-refractivity contribution >= 4 is 11.4 Å². The van der Waals surface area contributed by atoms with Crippen LogP contribution in [0.2, 0.25) is 0 Å². The fraction of sp³-hybridized carbons (Fsp3) is 0.647. The molecule has 0 bridgehead atoms. The van der Waals surface area contributed by atoms with Gasteiger partial charge in [-0.2, -0.15) is 0 Å². The van der Waals surface area contributed by atoms with E-state index in [0.717, 1.165) is 37.6 Å². The van der Waals surface area contributed by atoms with Crippen LogP contribution in [-0.2, 0) is 0 Å². The highest BCUT2D eigenvalue weighted by molar-refractivity contribution is 5.77. The third-order valence-electron chi connectivity index (χ3n) is 4.43. The van der Waals surface area contributed by atoms with Crippen LogP contribution in [0.25, 0.3) is 5.57 Å². The lowest BCUT2D eigenvalue weighted by atomic mass is 9.90. The van der Waals surface area contributed by atoms with Gasteiger partial charge < -0.3 is 10.2 Å². The Morgan fingerprint density at radius 2 is 2.29 bits per heavy atom. The Labute approximate surface area is 128 Å². The first-order valence-corrected chi connectivity index (χ1v) is 8.04. The van der Waals surface area contributed by atoms with Gasteiger partial charge in [-0.3, -0.25) is 0 Å². The fourth-order valence-electron chi connectivity index (χ4n) is 3.06. The lowest BCUT2D eigenvalue weighted by molar-refractivity contribution is 0.481. The first-order valence-electron chi connectivity index (χ1n) is 8.04. The van der Waals surface area contributed by atoms with Crippen LogP contribution in [0.15, 0.2) is 12.4 Å². The minimum absolute atomic E-state index is 0.500. The van der Waals surface area contributed by atoms with E-state index >= 15 is 0 Å². The van der Waals surface area contributed by atoms with E-state index in [0.29, 0.717) is 12.0 Å². The first-order chi connectivity index (χ1) is 10.1. The molecule has 2 rings (SSSR count). The third kappa shape index (κ3) is 3.43. The summed E-state index contributed by atoms with van der Waals surface area (Å²) in [6.07, 6.45) is 5.06. The van der Waals surface area contributed by atoms with Gasteiger partial charge in [-0.25, -0.2) is 9.97 Å². The molecule has 2 unspecified atom stereocenters. The maximum absolute atomic E-state index is 4.63. The molecular weight excluding hydrogens is 260 g/mol. The fourth-order valence-corrected chi connectivity index (χ4v) is 3.06. The number of anilines is 1.